The summed E-state index contributed by atoms with van der Waals surface area (Å²) < 4.78 is 167. The van der Waals surface area contributed by atoms with Crippen LogP contribution in [0.4, 0.5) is 57.1 Å². The lowest BCUT2D eigenvalue weighted by Crippen LogP contribution is -2.69. The second kappa shape index (κ2) is 8.68. The standard InChI is InChI=1S/C15H17F13/c1-2-3-4-5-6-7-8-9-10(16,17)11(18,19)12(20,21)13(22,23)14(24,25)15(26,27)28/h8-9H,2-7H2,1H3. The van der Waals surface area contributed by atoms with Gasteiger partial charge in [0.05, 0.1) is 0 Å². The Morgan fingerprint density at radius 1 is 0.536 bits per heavy atom. The minimum absolute atomic E-state index is 0.150. The third-order valence-electron chi connectivity index (χ3n) is 3.76. The van der Waals surface area contributed by atoms with Crippen molar-refractivity contribution >= 4 is 0 Å². The first-order chi connectivity index (χ1) is 12.3. The molecule has 0 saturated heterocycles. The Balaban J connectivity index is 5.56. The number of unbranched alkanes of at least 4 members (excludes halogenated alkanes) is 5. The van der Waals surface area contributed by atoms with Gasteiger partial charge in [0.15, 0.2) is 0 Å². The molecule has 0 aromatic rings. The van der Waals surface area contributed by atoms with Crippen molar-refractivity contribution in [2.24, 2.45) is 0 Å². The van der Waals surface area contributed by atoms with Crippen LogP contribution >= 0.6 is 0 Å². The van der Waals surface area contributed by atoms with E-state index in [1.807, 2.05) is 6.92 Å². The fourth-order valence-electron chi connectivity index (χ4n) is 1.98. The minimum atomic E-state index is -7.85. The highest BCUT2D eigenvalue weighted by atomic mass is 19.4. The van der Waals surface area contributed by atoms with Crippen LogP contribution in [-0.4, -0.2) is 35.8 Å². The number of hydrogen-bond acceptors (Lipinski definition) is 0. The summed E-state index contributed by atoms with van der Waals surface area (Å²) in [6, 6.07) is 0. The Hall–Kier alpha value is -1.17. The van der Waals surface area contributed by atoms with E-state index in [0.29, 0.717) is 12.8 Å². The zero-order chi connectivity index (χ0) is 22.7. The Kier molecular flexibility index (Phi) is 8.32. The highest BCUT2D eigenvalue weighted by Gasteiger charge is 2.90. The van der Waals surface area contributed by atoms with Crippen molar-refractivity contribution in [1.82, 2.24) is 0 Å². The Bertz CT molecular complexity index is 517. The summed E-state index contributed by atoms with van der Waals surface area (Å²) in [6.45, 7) is 1.85. The summed E-state index contributed by atoms with van der Waals surface area (Å²) in [6.07, 6.45) is -5.57. The van der Waals surface area contributed by atoms with E-state index in [-0.39, 0.29) is 18.9 Å². The molecule has 0 atom stereocenters. The van der Waals surface area contributed by atoms with Crippen LogP contribution < -0.4 is 0 Å². The Morgan fingerprint density at radius 2 is 0.964 bits per heavy atom. The van der Waals surface area contributed by atoms with Crippen LogP contribution in [-0.2, 0) is 0 Å². The van der Waals surface area contributed by atoms with Gasteiger partial charge < -0.3 is 0 Å². The molecule has 0 aromatic heterocycles. The summed E-state index contributed by atoms with van der Waals surface area (Å²) in [4.78, 5) is 0. The number of halogens is 13. The predicted molar refractivity (Wildman–Crippen MR) is 73.3 cm³/mol. The number of alkyl halides is 13. The van der Waals surface area contributed by atoms with Crippen LogP contribution in [0.5, 0.6) is 0 Å². The molecule has 0 aliphatic rings. The number of hydrogen-bond donors (Lipinski definition) is 0. The molecule has 13 heteroatoms. The molecule has 28 heavy (non-hydrogen) atoms. The van der Waals surface area contributed by atoms with Crippen molar-refractivity contribution in [3.63, 3.8) is 0 Å². The maximum atomic E-state index is 13.4. The van der Waals surface area contributed by atoms with Crippen molar-refractivity contribution in [3.05, 3.63) is 12.2 Å². The van der Waals surface area contributed by atoms with Gasteiger partial charge in [-0.25, -0.2) is 0 Å². The third-order valence-corrected chi connectivity index (χ3v) is 3.76. The largest absolute Gasteiger partial charge is 0.460 e. The zero-order valence-corrected chi connectivity index (χ0v) is 14.3. The third kappa shape index (κ3) is 4.87. The topological polar surface area (TPSA) is 0 Å². The van der Waals surface area contributed by atoms with E-state index in [2.05, 4.69) is 0 Å². The van der Waals surface area contributed by atoms with Gasteiger partial charge in [-0.1, -0.05) is 38.7 Å². The Labute approximate surface area is 151 Å². The molecule has 0 fully saturated rings. The lowest BCUT2D eigenvalue weighted by molar-refractivity contribution is -0.436. The molecule has 0 spiro atoms. The molecule has 0 N–H and O–H groups in total. The zero-order valence-electron chi connectivity index (χ0n) is 14.3. The van der Waals surface area contributed by atoms with Crippen LogP contribution in [0.1, 0.15) is 45.4 Å². The van der Waals surface area contributed by atoms with E-state index in [4.69, 9.17) is 0 Å². The number of allylic oxidation sites excluding steroid dienone is 2. The fraction of sp³-hybridized carbons (Fsp3) is 0.867. The van der Waals surface area contributed by atoms with Crippen LogP contribution in [0.15, 0.2) is 12.2 Å². The van der Waals surface area contributed by atoms with E-state index in [9.17, 15) is 57.1 Å². The van der Waals surface area contributed by atoms with E-state index >= 15 is 0 Å². The van der Waals surface area contributed by atoms with Gasteiger partial charge in [0.1, 0.15) is 0 Å². The monoisotopic (exact) mass is 444 g/mol. The average Bonchev–Trinajstić information content (AvgIpc) is 2.52. The van der Waals surface area contributed by atoms with Gasteiger partial charge in [-0.3, -0.25) is 0 Å². The van der Waals surface area contributed by atoms with Crippen LogP contribution in [0.25, 0.3) is 0 Å². The van der Waals surface area contributed by atoms with Crippen molar-refractivity contribution in [2.45, 2.75) is 81.2 Å². The summed E-state index contributed by atoms with van der Waals surface area (Å²) >= 11 is 0. The summed E-state index contributed by atoms with van der Waals surface area (Å²) in [5.74, 6) is -36.6. The predicted octanol–water partition coefficient (Wildman–Crippen LogP) is 7.64. The first-order valence-corrected chi connectivity index (χ1v) is 7.94. The molecular formula is C15H17F13. The molecule has 0 amide bonds. The molecule has 0 aliphatic carbocycles. The lowest BCUT2D eigenvalue weighted by atomic mass is 9.93. The van der Waals surface area contributed by atoms with Gasteiger partial charge >= 0.3 is 35.8 Å². The van der Waals surface area contributed by atoms with E-state index in [1.165, 1.54) is 0 Å². The maximum absolute atomic E-state index is 13.4. The molecule has 0 unspecified atom stereocenters. The summed E-state index contributed by atoms with van der Waals surface area (Å²) in [7, 11) is 0. The molecule has 0 aliphatic heterocycles. The van der Waals surface area contributed by atoms with E-state index in [1.54, 1.807) is 0 Å². The molecule has 0 bridgehead atoms. The SMILES string of the molecule is CCCCCCCC=CC(F)(F)C(F)(F)C(F)(F)C(F)(F)C(F)(F)C(F)(F)F. The highest BCUT2D eigenvalue weighted by molar-refractivity contribution is 5.15. The lowest BCUT2D eigenvalue weighted by Gasteiger charge is -2.39. The molecule has 0 aromatic carbocycles. The summed E-state index contributed by atoms with van der Waals surface area (Å²) in [5, 5.41) is 0. The molecule has 0 nitrogen and oxygen atoms in total. The molecule has 0 rings (SSSR count). The number of rotatable bonds is 11. The minimum Gasteiger partial charge on any atom is -0.195 e. The average molecular weight is 444 g/mol. The molecule has 0 heterocycles. The van der Waals surface area contributed by atoms with Gasteiger partial charge in [-0.15, -0.1) is 0 Å². The second-order valence-electron chi connectivity index (χ2n) is 6.02. The smallest absolute Gasteiger partial charge is 0.195 e. The molecule has 0 radical (unpaired) electrons. The van der Waals surface area contributed by atoms with Gasteiger partial charge in [-0.2, -0.15) is 57.1 Å². The Morgan fingerprint density at radius 3 is 1.39 bits per heavy atom. The van der Waals surface area contributed by atoms with Crippen molar-refractivity contribution < 1.29 is 57.1 Å². The van der Waals surface area contributed by atoms with E-state index < -0.39 is 41.9 Å². The van der Waals surface area contributed by atoms with Crippen LogP contribution in [0, 0.1) is 0 Å². The van der Waals surface area contributed by atoms with Crippen molar-refractivity contribution in [3.8, 4) is 0 Å². The van der Waals surface area contributed by atoms with Crippen molar-refractivity contribution in [1.29, 1.82) is 0 Å². The first-order valence-electron chi connectivity index (χ1n) is 7.94. The maximum Gasteiger partial charge on any atom is 0.460 e. The van der Waals surface area contributed by atoms with Gasteiger partial charge in [0.2, 0.25) is 0 Å². The second-order valence-corrected chi connectivity index (χ2v) is 6.02. The van der Waals surface area contributed by atoms with E-state index in [0.717, 1.165) is 12.8 Å². The normalized spacial score (nSPS) is 15.5. The van der Waals surface area contributed by atoms with Crippen LogP contribution in [0.2, 0.25) is 0 Å². The fourth-order valence-corrected chi connectivity index (χ4v) is 1.98. The van der Waals surface area contributed by atoms with Gasteiger partial charge in [-0.05, 0) is 18.9 Å². The van der Waals surface area contributed by atoms with Gasteiger partial charge in [0.25, 0.3) is 0 Å². The molecular weight excluding hydrogens is 427 g/mol. The first kappa shape index (κ1) is 26.8. The summed E-state index contributed by atoms with van der Waals surface area (Å²) in [5.41, 5.74) is 0. The molecule has 168 valence electrons. The molecule has 0 saturated carbocycles. The van der Waals surface area contributed by atoms with Crippen molar-refractivity contribution in [2.75, 3.05) is 0 Å². The van der Waals surface area contributed by atoms with Gasteiger partial charge in [0, 0.05) is 0 Å². The highest BCUT2D eigenvalue weighted by Crippen LogP contribution is 2.60. The van der Waals surface area contributed by atoms with Crippen LogP contribution in [0.3, 0.4) is 0 Å². The quantitative estimate of drug-likeness (QED) is 0.175.